The van der Waals surface area contributed by atoms with Crippen molar-refractivity contribution >= 4 is 16.6 Å². The Kier molecular flexibility index (Phi) is 3.26. The third kappa shape index (κ3) is 2.25. The van der Waals surface area contributed by atoms with E-state index in [2.05, 4.69) is 56.3 Å². The highest BCUT2D eigenvalue weighted by atomic mass is 16.1. The van der Waals surface area contributed by atoms with Crippen LogP contribution in [0.4, 0.5) is 0 Å². The number of aryl methyl sites for hydroxylation is 1. The molecule has 128 valence electrons. The Morgan fingerprint density at radius 3 is 2.72 bits per heavy atom. The van der Waals surface area contributed by atoms with Gasteiger partial charge in [-0.15, -0.1) is 0 Å². The third-order valence-corrected chi connectivity index (χ3v) is 6.82. The number of rotatable bonds is 2. The van der Waals surface area contributed by atoms with Crippen LogP contribution in [-0.4, -0.2) is 5.78 Å². The van der Waals surface area contributed by atoms with Crippen LogP contribution in [0.25, 0.3) is 10.8 Å². The van der Waals surface area contributed by atoms with E-state index in [9.17, 15) is 4.79 Å². The second kappa shape index (κ2) is 5.30. The van der Waals surface area contributed by atoms with Gasteiger partial charge in [-0.3, -0.25) is 4.79 Å². The second-order valence-electron chi connectivity index (χ2n) is 8.97. The third-order valence-electron chi connectivity index (χ3n) is 6.82. The van der Waals surface area contributed by atoms with Gasteiger partial charge in [-0.2, -0.15) is 0 Å². The van der Waals surface area contributed by atoms with Gasteiger partial charge in [-0.25, -0.2) is 0 Å². The Balaban J connectivity index is 1.57. The molecule has 3 aliphatic rings. The van der Waals surface area contributed by atoms with Gasteiger partial charge in [0, 0.05) is 11.0 Å². The summed E-state index contributed by atoms with van der Waals surface area (Å²) >= 11 is 0. The van der Waals surface area contributed by atoms with Gasteiger partial charge in [0.15, 0.2) is 5.78 Å². The molecule has 0 amide bonds. The molecule has 1 saturated carbocycles. The van der Waals surface area contributed by atoms with E-state index >= 15 is 0 Å². The number of ketones is 1. The van der Waals surface area contributed by atoms with E-state index in [0.29, 0.717) is 23.5 Å². The largest absolute Gasteiger partial charge is 0.294 e. The molecule has 1 spiro atoms. The molecule has 1 nitrogen and oxygen atoms in total. The molecule has 2 bridgehead atoms. The number of fused-ring (bicyclic) bond motifs is 5. The van der Waals surface area contributed by atoms with Crippen LogP contribution in [0.15, 0.2) is 42.5 Å². The van der Waals surface area contributed by atoms with Crippen molar-refractivity contribution in [1.29, 1.82) is 0 Å². The Hall–Kier alpha value is -1.89. The first-order valence-electron chi connectivity index (χ1n) is 9.84. The number of benzene rings is 2. The van der Waals surface area contributed by atoms with Gasteiger partial charge in [0.1, 0.15) is 0 Å². The molecule has 25 heavy (non-hydrogen) atoms. The minimum atomic E-state index is -0.0856. The number of hydrogen-bond acceptors (Lipinski definition) is 1. The van der Waals surface area contributed by atoms with Crippen molar-refractivity contribution in [1.82, 2.24) is 0 Å². The molecule has 2 aromatic carbocycles. The molecule has 3 unspecified atom stereocenters. The molecule has 2 aromatic rings. The molecule has 1 heteroatoms. The molecular weight excluding hydrogens is 304 g/mol. The van der Waals surface area contributed by atoms with Gasteiger partial charge in [-0.1, -0.05) is 50.3 Å². The summed E-state index contributed by atoms with van der Waals surface area (Å²) < 4.78 is 0. The van der Waals surface area contributed by atoms with Crippen molar-refractivity contribution in [3.05, 3.63) is 59.2 Å². The van der Waals surface area contributed by atoms with Crippen LogP contribution in [0.5, 0.6) is 0 Å². The highest BCUT2D eigenvalue weighted by molar-refractivity contribution is 6.06. The fourth-order valence-corrected chi connectivity index (χ4v) is 5.65. The van der Waals surface area contributed by atoms with Gasteiger partial charge >= 0.3 is 0 Å². The number of carbonyl (C=O) groups is 1. The Morgan fingerprint density at radius 1 is 1.12 bits per heavy atom. The van der Waals surface area contributed by atoms with Crippen LogP contribution in [0.1, 0.15) is 54.6 Å². The first-order valence-corrected chi connectivity index (χ1v) is 9.84. The highest BCUT2D eigenvalue weighted by Crippen LogP contribution is 2.57. The van der Waals surface area contributed by atoms with Gasteiger partial charge in [0.2, 0.25) is 0 Å². The van der Waals surface area contributed by atoms with Gasteiger partial charge in [0.05, 0.1) is 0 Å². The number of carbonyl (C=O) groups excluding carboxylic acids is 1. The number of Topliss-reactive ketones (excluding diaryl/α,β-unsaturated/α-hetero) is 1. The smallest absolute Gasteiger partial charge is 0.169 e. The van der Waals surface area contributed by atoms with E-state index in [1.54, 1.807) is 0 Å². The van der Waals surface area contributed by atoms with Crippen LogP contribution >= 0.6 is 0 Å². The summed E-state index contributed by atoms with van der Waals surface area (Å²) in [7, 11) is 0. The molecule has 0 N–H and O–H groups in total. The lowest BCUT2D eigenvalue weighted by atomic mass is 9.63. The normalized spacial score (nSPS) is 30.0. The minimum Gasteiger partial charge on any atom is -0.294 e. The van der Waals surface area contributed by atoms with Crippen LogP contribution in [0.2, 0.25) is 0 Å². The summed E-state index contributed by atoms with van der Waals surface area (Å²) in [4.78, 5) is 13.5. The SMILES string of the molecule is CC(C)Cc1ccc2cc3c(cc2c1)CCC1(CC2C=CC1C2)C3=O. The highest BCUT2D eigenvalue weighted by Gasteiger charge is 2.54. The lowest BCUT2D eigenvalue weighted by Crippen LogP contribution is -2.39. The van der Waals surface area contributed by atoms with Crippen LogP contribution in [0, 0.1) is 23.2 Å². The molecule has 0 radical (unpaired) electrons. The summed E-state index contributed by atoms with van der Waals surface area (Å²) in [5.74, 6) is 2.23. The van der Waals surface area contributed by atoms with Gasteiger partial charge in [0.25, 0.3) is 0 Å². The first kappa shape index (κ1) is 15.4. The zero-order valence-corrected chi connectivity index (χ0v) is 15.2. The Labute approximate surface area is 150 Å². The Morgan fingerprint density at radius 2 is 2.00 bits per heavy atom. The quantitative estimate of drug-likeness (QED) is 0.641. The van der Waals surface area contributed by atoms with Crippen molar-refractivity contribution in [3.8, 4) is 0 Å². The predicted octanol–water partition coefficient (Wildman–Crippen LogP) is 5.75. The molecule has 1 fully saturated rings. The van der Waals surface area contributed by atoms with Crippen molar-refractivity contribution in [2.45, 2.75) is 46.0 Å². The maximum Gasteiger partial charge on any atom is 0.169 e. The average Bonchev–Trinajstić information content (AvgIpc) is 3.18. The number of hydrogen-bond donors (Lipinski definition) is 0. The topological polar surface area (TPSA) is 17.1 Å². The van der Waals surface area contributed by atoms with E-state index in [0.717, 1.165) is 31.2 Å². The molecule has 0 aromatic heterocycles. The number of allylic oxidation sites excluding steroid dienone is 2. The van der Waals surface area contributed by atoms with Gasteiger partial charge < -0.3 is 0 Å². The monoisotopic (exact) mass is 330 g/mol. The van der Waals surface area contributed by atoms with Crippen LogP contribution in [-0.2, 0) is 12.8 Å². The molecular formula is C24H26O. The van der Waals surface area contributed by atoms with Crippen LogP contribution in [0.3, 0.4) is 0 Å². The standard InChI is InChI=1S/C24H26O/c1-15(2)9-16-3-5-18-13-22-19(12-20(18)10-16)7-8-24(23(22)25)14-17-4-6-21(24)11-17/h3-6,10,12-13,15,17,21H,7-9,11,14H2,1-2H3. The van der Waals surface area contributed by atoms with Crippen LogP contribution < -0.4 is 0 Å². The minimum absolute atomic E-state index is 0.0856. The maximum absolute atomic E-state index is 13.5. The molecule has 5 rings (SSSR count). The summed E-state index contributed by atoms with van der Waals surface area (Å²) in [6.45, 7) is 4.53. The lowest BCUT2D eigenvalue weighted by Gasteiger charge is -2.38. The van der Waals surface area contributed by atoms with E-state index < -0.39 is 0 Å². The molecule has 0 saturated heterocycles. The zero-order chi connectivity index (χ0) is 17.2. The summed E-state index contributed by atoms with van der Waals surface area (Å²) in [5, 5.41) is 2.52. The second-order valence-corrected chi connectivity index (χ2v) is 8.97. The summed E-state index contributed by atoms with van der Waals surface area (Å²) in [5.41, 5.74) is 3.60. The lowest BCUT2D eigenvalue weighted by molar-refractivity contribution is 0.0703. The summed E-state index contributed by atoms with van der Waals surface area (Å²) in [6.07, 6.45) is 10.2. The molecule has 3 aliphatic carbocycles. The first-order chi connectivity index (χ1) is 12.0. The van der Waals surface area contributed by atoms with Gasteiger partial charge in [-0.05, 0) is 77.8 Å². The fourth-order valence-electron chi connectivity index (χ4n) is 5.65. The van der Waals surface area contributed by atoms with Crippen molar-refractivity contribution in [3.63, 3.8) is 0 Å². The van der Waals surface area contributed by atoms with E-state index in [1.165, 1.54) is 28.3 Å². The maximum atomic E-state index is 13.5. The predicted molar refractivity (Wildman–Crippen MR) is 103 cm³/mol. The summed E-state index contributed by atoms with van der Waals surface area (Å²) in [6, 6.07) is 11.2. The van der Waals surface area contributed by atoms with Crippen molar-refractivity contribution < 1.29 is 4.79 Å². The van der Waals surface area contributed by atoms with Crippen molar-refractivity contribution in [2.75, 3.05) is 0 Å². The molecule has 3 atom stereocenters. The Bertz CT molecular complexity index is 904. The van der Waals surface area contributed by atoms with E-state index in [-0.39, 0.29) is 5.41 Å². The molecule has 0 heterocycles. The molecule has 0 aliphatic heterocycles. The van der Waals surface area contributed by atoms with E-state index in [1.807, 2.05) is 0 Å². The van der Waals surface area contributed by atoms with Crippen molar-refractivity contribution in [2.24, 2.45) is 23.2 Å². The van der Waals surface area contributed by atoms with E-state index in [4.69, 9.17) is 0 Å². The average molecular weight is 330 g/mol. The fraction of sp³-hybridized carbons (Fsp3) is 0.458. The zero-order valence-electron chi connectivity index (χ0n) is 15.2.